The van der Waals surface area contributed by atoms with E-state index in [4.69, 9.17) is 10.5 Å². The van der Waals surface area contributed by atoms with Crippen LogP contribution >= 0.6 is 0 Å². The van der Waals surface area contributed by atoms with Gasteiger partial charge in [0.25, 0.3) is 0 Å². The summed E-state index contributed by atoms with van der Waals surface area (Å²) in [5.41, 5.74) is 6.97. The van der Waals surface area contributed by atoms with Crippen molar-refractivity contribution < 1.29 is 9.53 Å². The molecular formula is C13H20N2O2. The molecule has 1 amide bonds. The van der Waals surface area contributed by atoms with Crippen LogP contribution in [0.4, 0.5) is 5.69 Å². The number of amides is 1. The van der Waals surface area contributed by atoms with Crippen LogP contribution in [0.2, 0.25) is 0 Å². The highest BCUT2D eigenvalue weighted by atomic mass is 16.5. The van der Waals surface area contributed by atoms with Gasteiger partial charge in [0.1, 0.15) is 6.61 Å². The summed E-state index contributed by atoms with van der Waals surface area (Å²) in [6.45, 7) is 6.30. The SMILES string of the molecule is CC(C)(C)OCC(=O)Nc1ccc(CN)cc1. The van der Waals surface area contributed by atoms with Crippen LogP contribution < -0.4 is 11.1 Å². The maximum Gasteiger partial charge on any atom is 0.250 e. The molecule has 0 aromatic heterocycles. The van der Waals surface area contributed by atoms with Crippen LogP contribution in [0.1, 0.15) is 26.3 Å². The molecular weight excluding hydrogens is 216 g/mol. The second-order valence-electron chi connectivity index (χ2n) is 4.85. The summed E-state index contributed by atoms with van der Waals surface area (Å²) in [4.78, 5) is 11.6. The lowest BCUT2D eigenvalue weighted by Gasteiger charge is -2.19. The number of carbonyl (C=O) groups is 1. The van der Waals surface area contributed by atoms with Crippen molar-refractivity contribution in [3.05, 3.63) is 29.8 Å². The summed E-state index contributed by atoms with van der Waals surface area (Å²) in [5.74, 6) is -0.152. The zero-order valence-electron chi connectivity index (χ0n) is 10.6. The monoisotopic (exact) mass is 236 g/mol. The molecule has 0 bridgehead atoms. The number of nitrogens with two attached hydrogens (primary N) is 1. The highest BCUT2D eigenvalue weighted by molar-refractivity contribution is 5.91. The van der Waals surface area contributed by atoms with Gasteiger partial charge in [0.05, 0.1) is 5.60 Å². The van der Waals surface area contributed by atoms with E-state index in [1.165, 1.54) is 0 Å². The summed E-state index contributed by atoms with van der Waals surface area (Å²) < 4.78 is 5.38. The molecule has 1 rings (SSSR count). The molecule has 0 aliphatic heterocycles. The molecule has 0 fully saturated rings. The molecule has 0 spiro atoms. The lowest BCUT2D eigenvalue weighted by Crippen LogP contribution is -2.27. The van der Waals surface area contributed by atoms with Crippen LogP contribution in [0.25, 0.3) is 0 Å². The van der Waals surface area contributed by atoms with E-state index < -0.39 is 0 Å². The zero-order chi connectivity index (χ0) is 12.9. The number of anilines is 1. The predicted octanol–water partition coefficient (Wildman–Crippen LogP) is 1.90. The molecule has 0 heterocycles. The van der Waals surface area contributed by atoms with E-state index in [1.807, 2.05) is 45.0 Å². The highest BCUT2D eigenvalue weighted by Crippen LogP contribution is 2.10. The van der Waals surface area contributed by atoms with Crippen molar-refractivity contribution in [2.45, 2.75) is 32.9 Å². The maximum atomic E-state index is 11.6. The Kier molecular flexibility index (Phi) is 4.66. The Morgan fingerprint density at radius 3 is 2.35 bits per heavy atom. The van der Waals surface area contributed by atoms with Gasteiger partial charge in [-0.2, -0.15) is 0 Å². The van der Waals surface area contributed by atoms with Gasteiger partial charge in [-0.25, -0.2) is 0 Å². The van der Waals surface area contributed by atoms with Gasteiger partial charge in [0.2, 0.25) is 5.91 Å². The molecule has 0 saturated heterocycles. The van der Waals surface area contributed by atoms with Gasteiger partial charge in [0.15, 0.2) is 0 Å². The van der Waals surface area contributed by atoms with Crippen molar-refractivity contribution in [2.24, 2.45) is 5.73 Å². The smallest absolute Gasteiger partial charge is 0.250 e. The molecule has 0 aliphatic carbocycles. The van der Waals surface area contributed by atoms with Gasteiger partial charge in [0, 0.05) is 12.2 Å². The summed E-state index contributed by atoms with van der Waals surface area (Å²) >= 11 is 0. The molecule has 1 aromatic carbocycles. The van der Waals surface area contributed by atoms with E-state index in [2.05, 4.69) is 5.32 Å². The number of rotatable bonds is 4. The number of hydrogen-bond donors (Lipinski definition) is 2. The van der Waals surface area contributed by atoms with E-state index in [9.17, 15) is 4.79 Å². The maximum absolute atomic E-state index is 11.6. The van der Waals surface area contributed by atoms with Gasteiger partial charge >= 0.3 is 0 Å². The predicted molar refractivity (Wildman–Crippen MR) is 68.7 cm³/mol. The number of nitrogens with one attached hydrogen (secondary N) is 1. The third-order valence-electron chi connectivity index (χ3n) is 2.11. The largest absolute Gasteiger partial charge is 0.366 e. The number of benzene rings is 1. The van der Waals surface area contributed by atoms with Gasteiger partial charge in [-0.05, 0) is 38.5 Å². The Balaban J connectivity index is 2.45. The Labute approximate surface area is 102 Å². The first kappa shape index (κ1) is 13.7. The van der Waals surface area contributed by atoms with E-state index in [0.717, 1.165) is 11.3 Å². The number of ether oxygens (including phenoxy) is 1. The normalized spacial score (nSPS) is 11.3. The van der Waals surface area contributed by atoms with Crippen molar-refractivity contribution in [1.82, 2.24) is 0 Å². The van der Waals surface area contributed by atoms with Crippen LogP contribution in [0.15, 0.2) is 24.3 Å². The quantitative estimate of drug-likeness (QED) is 0.839. The van der Waals surface area contributed by atoms with Crippen LogP contribution in [-0.4, -0.2) is 18.1 Å². The van der Waals surface area contributed by atoms with E-state index >= 15 is 0 Å². The number of carbonyl (C=O) groups excluding carboxylic acids is 1. The van der Waals surface area contributed by atoms with Crippen LogP contribution in [0, 0.1) is 0 Å². The van der Waals surface area contributed by atoms with Crippen LogP contribution in [0.5, 0.6) is 0 Å². The summed E-state index contributed by atoms with van der Waals surface area (Å²) in [6.07, 6.45) is 0. The van der Waals surface area contributed by atoms with E-state index in [0.29, 0.717) is 6.54 Å². The van der Waals surface area contributed by atoms with E-state index in [1.54, 1.807) is 0 Å². The third kappa shape index (κ3) is 5.47. The van der Waals surface area contributed by atoms with Gasteiger partial charge < -0.3 is 15.8 Å². The van der Waals surface area contributed by atoms with Crippen LogP contribution in [-0.2, 0) is 16.1 Å². The molecule has 0 atom stereocenters. The molecule has 0 saturated carbocycles. The molecule has 1 aromatic rings. The minimum Gasteiger partial charge on any atom is -0.366 e. The Morgan fingerprint density at radius 1 is 1.29 bits per heavy atom. The average molecular weight is 236 g/mol. The summed E-state index contributed by atoms with van der Waals surface area (Å²) in [5, 5.41) is 2.76. The Hall–Kier alpha value is -1.39. The first-order chi connectivity index (χ1) is 7.90. The summed E-state index contributed by atoms with van der Waals surface area (Å²) in [6, 6.07) is 7.44. The van der Waals surface area contributed by atoms with Crippen molar-refractivity contribution >= 4 is 11.6 Å². The molecule has 17 heavy (non-hydrogen) atoms. The third-order valence-corrected chi connectivity index (χ3v) is 2.11. The fourth-order valence-corrected chi connectivity index (χ4v) is 1.20. The second kappa shape index (κ2) is 5.80. The molecule has 0 aliphatic rings. The van der Waals surface area contributed by atoms with Gasteiger partial charge in [-0.1, -0.05) is 12.1 Å². The first-order valence-electron chi connectivity index (χ1n) is 5.63. The molecule has 0 radical (unpaired) electrons. The average Bonchev–Trinajstić information content (AvgIpc) is 2.27. The lowest BCUT2D eigenvalue weighted by atomic mass is 10.2. The topological polar surface area (TPSA) is 64.3 Å². The summed E-state index contributed by atoms with van der Waals surface area (Å²) in [7, 11) is 0. The van der Waals surface area contributed by atoms with Crippen molar-refractivity contribution in [1.29, 1.82) is 0 Å². The minimum atomic E-state index is -0.305. The highest BCUT2D eigenvalue weighted by Gasteiger charge is 2.12. The van der Waals surface area contributed by atoms with E-state index in [-0.39, 0.29) is 18.1 Å². The van der Waals surface area contributed by atoms with Crippen LogP contribution in [0.3, 0.4) is 0 Å². The minimum absolute atomic E-state index is 0.0577. The molecule has 3 N–H and O–H groups in total. The fourth-order valence-electron chi connectivity index (χ4n) is 1.20. The zero-order valence-corrected chi connectivity index (χ0v) is 10.6. The Bertz CT molecular complexity index is 366. The second-order valence-corrected chi connectivity index (χ2v) is 4.85. The number of hydrogen-bond acceptors (Lipinski definition) is 3. The molecule has 4 nitrogen and oxygen atoms in total. The first-order valence-corrected chi connectivity index (χ1v) is 5.63. The van der Waals surface area contributed by atoms with Crippen molar-refractivity contribution in [2.75, 3.05) is 11.9 Å². The Morgan fingerprint density at radius 2 is 1.88 bits per heavy atom. The standard InChI is InChI=1S/C13H20N2O2/c1-13(2,3)17-9-12(16)15-11-6-4-10(8-14)5-7-11/h4-7H,8-9,14H2,1-3H3,(H,15,16). The van der Waals surface area contributed by atoms with Gasteiger partial charge in [-0.3, -0.25) is 4.79 Å². The van der Waals surface area contributed by atoms with Crippen molar-refractivity contribution in [3.8, 4) is 0 Å². The molecule has 94 valence electrons. The van der Waals surface area contributed by atoms with Gasteiger partial charge in [-0.15, -0.1) is 0 Å². The fraction of sp³-hybridized carbons (Fsp3) is 0.462. The van der Waals surface area contributed by atoms with Crippen molar-refractivity contribution in [3.63, 3.8) is 0 Å². The lowest BCUT2D eigenvalue weighted by molar-refractivity contribution is -0.125. The molecule has 0 unspecified atom stereocenters. The molecule has 4 heteroatoms.